The number of rotatable bonds is 6. The maximum Gasteiger partial charge on any atom is 0.573 e. The number of hydrogen-bond acceptors (Lipinski definition) is 3. The molecule has 0 saturated carbocycles. The summed E-state index contributed by atoms with van der Waals surface area (Å²) in [6, 6.07) is 4.55. The van der Waals surface area contributed by atoms with Crippen molar-refractivity contribution in [3.05, 3.63) is 28.2 Å². The number of thioether (sulfide) groups is 1. The molecule has 1 aromatic carbocycles. The van der Waals surface area contributed by atoms with Crippen molar-refractivity contribution < 1.29 is 17.9 Å². The average molecular weight is 372 g/mol. The molecule has 2 nitrogen and oxygen atoms in total. The predicted molar refractivity (Wildman–Crippen MR) is 80.1 cm³/mol. The molecule has 0 saturated heterocycles. The van der Waals surface area contributed by atoms with Gasteiger partial charge in [-0.3, -0.25) is 0 Å². The number of ether oxygens (including phenoxy) is 1. The second kappa shape index (κ2) is 7.04. The molecule has 0 aromatic heterocycles. The van der Waals surface area contributed by atoms with Crippen LogP contribution < -0.4 is 10.1 Å². The minimum Gasteiger partial charge on any atom is -0.405 e. The molecule has 1 aromatic rings. The Bertz CT molecular complexity index is 452. The third-order valence-electron chi connectivity index (χ3n) is 2.65. The Morgan fingerprint density at radius 3 is 2.45 bits per heavy atom. The van der Waals surface area contributed by atoms with Crippen LogP contribution in [0.4, 0.5) is 13.2 Å². The molecule has 20 heavy (non-hydrogen) atoms. The zero-order chi connectivity index (χ0) is 15.4. The smallest absolute Gasteiger partial charge is 0.405 e. The van der Waals surface area contributed by atoms with Crippen LogP contribution in [0, 0.1) is 0 Å². The number of alkyl halides is 3. The van der Waals surface area contributed by atoms with Crippen molar-refractivity contribution in [1.29, 1.82) is 0 Å². The van der Waals surface area contributed by atoms with E-state index in [1.165, 1.54) is 6.07 Å². The van der Waals surface area contributed by atoms with Gasteiger partial charge in [0.05, 0.1) is 4.47 Å². The topological polar surface area (TPSA) is 21.3 Å². The highest BCUT2D eigenvalue weighted by molar-refractivity contribution is 9.10. The molecule has 0 atom stereocenters. The Morgan fingerprint density at radius 2 is 1.95 bits per heavy atom. The van der Waals surface area contributed by atoms with Crippen LogP contribution in [-0.4, -0.2) is 23.9 Å². The molecule has 0 spiro atoms. The Labute approximate surface area is 129 Å². The fourth-order valence-corrected chi connectivity index (χ4v) is 2.20. The molecule has 0 aliphatic heterocycles. The summed E-state index contributed by atoms with van der Waals surface area (Å²) in [6.45, 7) is 5.66. The summed E-state index contributed by atoms with van der Waals surface area (Å²) in [5.41, 5.74) is 0.892. The number of hydrogen-bond donors (Lipinski definition) is 1. The van der Waals surface area contributed by atoms with Gasteiger partial charge in [-0.15, -0.1) is 13.2 Å². The van der Waals surface area contributed by atoms with Gasteiger partial charge in [-0.05, 0) is 53.7 Å². The first-order valence-electron chi connectivity index (χ1n) is 5.93. The molecule has 7 heteroatoms. The van der Waals surface area contributed by atoms with E-state index in [0.29, 0.717) is 11.0 Å². The molecule has 1 rings (SSSR count). The first-order chi connectivity index (χ1) is 9.13. The fourth-order valence-electron chi connectivity index (χ4n) is 1.44. The van der Waals surface area contributed by atoms with Crippen LogP contribution in [0.5, 0.6) is 5.75 Å². The summed E-state index contributed by atoms with van der Waals surface area (Å²) in [5, 5.41) is 3.28. The highest BCUT2D eigenvalue weighted by atomic mass is 79.9. The summed E-state index contributed by atoms with van der Waals surface area (Å²) in [5.74, 6) is -0.231. The molecule has 0 amide bonds. The van der Waals surface area contributed by atoms with Crippen LogP contribution in [0.1, 0.15) is 19.4 Å². The zero-order valence-corrected chi connectivity index (χ0v) is 13.9. The first-order valence-corrected chi connectivity index (χ1v) is 7.95. The third kappa shape index (κ3) is 6.37. The summed E-state index contributed by atoms with van der Waals surface area (Å²) < 4.78 is 40.7. The lowest BCUT2D eigenvalue weighted by molar-refractivity contribution is -0.274. The second-order valence-electron chi connectivity index (χ2n) is 4.88. The molecule has 0 unspecified atom stereocenters. The summed E-state index contributed by atoms with van der Waals surface area (Å²) in [4.78, 5) is 0. The van der Waals surface area contributed by atoms with E-state index in [1.54, 1.807) is 23.9 Å². The molecule has 0 radical (unpaired) electrons. The van der Waals surface area contributed by atoms with Gasteiger partial charge in [0.1, 0.15) is 5.75 Å². The van der Waals surface area contributed by atoms with Crippen molar-refractivity contribution in [3.8, 4) is 5.75 Å². The van der Waals surface area contributed by atoms with E-state index in [0.717, 1.165) is 12.1 Å². The van der Waals surface area contributed by atoms with Gasteiger partial charge < -0.3 is 10.1 Å². The van der Waals surface area contributed by atoms with Crippen molar-refractivity contribution in [2.45, 2.75) is 31.5 Å². The Morgan fingerprint density at radius 1 is 1.30 bits per heavy atom. The largest absolute Gasteiger partial charge is 0.573 e. The minimum atomic E-state index is -4.68. The van der Waals surface area contributed by atoms with Gasteiger partial charge in [-0.25, -0.2) is 0 Å². The lowest BCUT2D eigenvalue weighted by atomic mass is 10.2. The van der Waals surface area contributed by atoms with E-state index in [-0.39, 0.29) is 10.5 Å². The van der Waals surface area contributed by atoms with Crippen LogP contribution in [0.15, 0.2) is 22.7 Å². The van der Waals surface area contributed by atoms with E-state index in [2.05, 4.69) is 39.8 Å². The van der Waals surface area contributed by atoms with Gasteiger partial charge in [-0.2, -0.15) is 11.8 Å². The van der Waals surface area contributed by atoms with E-state index >= 15 is 0 Å². The van der Waals surface area contributed by atoms with Crippen LogP contribution >= 0.6 is 27.7 Å². The van der Waals surface area contributed by atoms with Crippen LogP contribution in [-0.2, 0) is 6.54 Å². The lowest BCUT2D eigenvalue weighted by Crippen LogP contribution is -2.31. The zero-order valence-electron chi connectivity index (χ0n) is 11.5. The van der Waals surface area contributed by atoms with Gasteiger partial charge in [-0.1, -0.05) is 6.07 Å². The highest BCUT2D eigenvalue weighted by Gasteiger charge is 2.31. The van der Waals surface area contributed by atoms with E-state index < -0.39 is 6.36 Å². The predicted octanol–water partition coefficient (Wildman–Crippen LogP) is 4.58. The van der Waals surface area contributed by atoms with Crippen molar-refractivity contribution in [1.82, 2.24) is 5.32 Å². The van der Waals surface area contributed by atoms with Crippen molar-refractivity contribution >= 4 is 27.7 Å². The van der Waals surface area contributed by atoms with E-state index in [4.69, 9.17) is 0 Å². The van der Waals surface area contributed by atoms with Crippen LogP contribution in [0.2, 0.25) is 0 Å². The van der Waals surface area contributed by atoms with Crippen molar-refractivity contribution in [3.63, 3.8) is 0 Å². The Kier molecular flexibility index (Phi) is 6.22. The van der Waals surface area contributed by atoms with Gasteiger partial charge >= 0.3 is 6.36 Å². The molecule has 1 N–H and O–H groups in total. The molecule has 0 bridgehead atoms. The molecular formula is C13H17BrF3NOS. The van der Waals surface area contributed by atoms with Crippen LogP contribution in [0.25, 0.3) is 0 Å². The average Bonchev–Trinajstić information content (AvgIpc) is 2.31. The first kappa shape index (κ1) is 17.7. The third-order valence-corrected chi connectivity index (χ3v) is 4.52. The normalized spacial score (nSPS) is 12.6. The molecule has 0 aliphatic carbocycles. The summed E-state index contributed by atoms with van der Waals surface area (Å²) in [6.07, 6.45) is -2.63. The van der Waals surface area contributed by atoms with Gasteiger partial charge in [0.15, 0.2) is 0 Å². The second-order valence-corrected chi connectivity index (χ2v) is 7.25. The number of halogens is 4. The van der Waals surface area contributed by atoms with E-state index in [9.17, 15) is 13.2 Å². The maximum atomic E-state index is 12.1. The number of nitrogens with one attached hydrogen (secondary N) is 1. The highest BCUT2D eigenvalue weighted by Crippen LogP contribution is 2.31. The fraction of sp³-hybridized carbons (Fsp3) is 0.538. The lowest BCUT2D eigenvalue weighted by Gasteiger charge is -2.22. The standard InChI is InChI=1S/C13H17BrF3NOS/c1-12(2,20-3)8-18-7-9-4-5-11(10(14)6-9)19-13(15,16)17/h4-6,18H,7-8H2,1-3H3. The Hall–Kier alpha value is -0.400. The summed E-state index contributed by atoms with van der Waals surface area (Å²) >= 11 is 4.85. The molecule has 114 valence electrons. The monoisotopic (exact) mass is 371 g/mol. The molecule has 0 fully saturated rings. The minimum absolute atomic E-state index is 0.122. The molecule has 0 heterocycles. The Balaban J connectivity index is 2.60. The SMILES string of the molecule is CSC(C)(C)CNCc1ccc(OC(F)(F)F)c(Br)c1. The maximum absolute atomic E-state index is 12.1. The molecular weight excluding hydrogens is 355 g/mol. The molecule has 0 aliphatic rings. The van der Waals surface area contributed by atoms with Gasteiger partial charge in [0.2, 0.25) is 0 Å². The van der Waals surface area contributed by atoms with Crippen LogP contribution in [0.3, 0.4) is 0 Å². The van der Waals surface area contributed by atoms with Gasteiger partial charge in [0.25, 0.3) is 0 Å². The quantitative estimate of drug-likeness (QED) is 0.790. The van der Waals surface area contributed by atoms with Crippen molar-refractivity contribution in [2.24, 2.45) is 0 Å². The van der Waals surface area contributed by atoms with Crippen molar-refractivity contribution in [2.75, 3.05) is 12.8 Å². The van der Waals surface area contributed by atoms with Gasteiger partial charge in [0, 0.05) is 17.8 Å². The van der Waals surface area contributed by atoms with E-state index in [1.807, 2.05) is 6.26 Å². The number of benzene rings is 1. The summed E-state index contributed by atoms with van der Waals surface area (Å²) in [7, 11) is 0.